The monoisotopic (exact) mass is 400 g/mol. The molecule has 2 heterocycles. The molecule has 9 nitrogen and oxygen atoms in total. The molecule has 29 heavy (non-hydrogen) atoms. The van der Waals surface area contributed by atoms with Crippen molar-refractivity contribution in [3.63, 3.8) is 0 Å². The van der Waals surface area contributed by atoms with Gasteiger partial charge in [0, 0.05) is 6.54 Å². The number of H-pyrrole nitrogens is 1. The Morgan fingerprint density at radius 3 is 2.59 bits per heavy atom. The average molecular weight is 400 g/mol. The fourth-order valence-electron chi connectivity index (χ4n) is 3.01. The molecule has 0 fully saturated rings. The van der Waals surface area contributed by atoms with Crippen LogP contribution in [-0.2, 0) is 4.79 Å². The minimum Gasteiger partial charge on any atom is -0.497 e. The normalized spacial score (nSPS) is 11.1. The molecule has 3 aromatic rings. The predicted molar refractivity (Wildman–Crippen MR) is 109 cm³/mol. The number of carbonyl (C=O) groups excluding carboxylic acids is 1. The predicted octanol–water partition coefficient (Wildman–Crippen LogP) is 2.09. The van der Waals surface area contributed by atoms with Crippen LogP contribution < -0.4 is 20.3 Å². The first-order valence-electron chi connectivity index (χ1n) is 9.12. The van der Waals surface area contributed by atoms with Crippen LogP contribution in [0.3, 0.4) is 0 Å². The minimum atomic E-state index is -0.404. The van der Waals surface area contributed by atoms with Crippen LogP contribution in [0.1, 0.15) is 11.5 Å². The number of amides is 1. The van der Waals surface area contributed by atoms with E-state index in [9.17, 15) is 9.59 Å². The molecule has 0 unspecified atom stereocenters. The van der Waals surface area contributed by atoms with E-state index in [1.807, 2.05) is 36.2 Å². The van der Waals surface area contributed by atoms with Gasteiger partial charge in [-0.2, -0.15) is 5.10 Å². The van der Waals surface area contributed by atoms with Crippen molar-refractivity contribution >= 4 is 22.6 Å². The highest BCUT2D eigenvalue weighted by atomic mass is 16.5. The molecule has 1 aromatic carbocycles. The third-order valence-corrected chi connectivity index (χ3v) is 4.47. The summed E-state index contributed by atoms with van der Waals surface area (Å²) in [7, 11) is 3.42. The Morgan fingerprint density at radius 2 is 1.90 bits per heavy atom. The lowest BCUT2D eigenvalue weighted by atomic mass is 10.2. The Hall–Kier alpha value is -3.33. The van der Waals surface area contributed by atoms with Crippen molar-refractivity contribution in [2.45, 2.75) is 13.8 Å². The van der Waals surface area contributed by atoms with E-state index in [4.69, 9.17) is 13.9 Å². The number of anilines is 1. The molecule has 3 rings (SSSR count). The molecule has 0 spiro atoms. The second-order valence-electron chi connectivity index (χ2n) is 6.69. The Labute approximate surface area is 167 Å². The van der Waals surface area contributed by atoms with Crippen molar-refractivity contribution < 1.29 is 18.7 Å². The number of likely N-dealkylation sites (N-methyl/N-ethyl adjacent to an activating group) is 1. The molecule has 0 saturated heterocycles. The standard InChI is InChI=1S/C20H24N4O5/c1-12-17-13(2)29-20(18(17)19(26)23-22-12)21-16(25)11-24(3)9-10-28-15-7-5-14(27-4)6-8-15/h5-8H,9-11H2,1-4H3,(H,21,25)(H,23,26). The summed E-state index contributed by atoms with van der Waals surface area (Å²) in [6.45, 7) is 4.58. The highest BCUT2D eigenvalue weighted by molar-refractivity contribution is 6.01. The number of nitrogens with one attached hydrogen (secondary N) is 2. The maximum atomic E-state index is 12.4. The van der Waals surface area contributed by atoms with E-state index < -0.39 is 5.56 Å². The van der Waals surface area contributed by atoms with Crippen molar-refractivity contribution in [2.24, 2.45) is 0 Å². The highest BCUT2D eigenvalue weighted by Crippen LogP contribution is 2.28. The van der Waals surface area contributed by atoms with Gasteiger partial charge in [-0.3, -0.25) is 19.8 Å². The Kier molecular flexibility index (Phi) is 6.18. The number of ether oxygens (including phenoxy) is 2. The molecule has 0 radical (unpaired) electrons. The van der Waals surface area contributed by atoms with Crippen molar-refractivity contribution in [1.29, 1.82) is 0 Å². The van der Waals surface area contributed by atoms with E-state index in [1.165, 1.54) is 0 Å². The van der Waals surface area contributed by atoms with Crippen LogP contribution in [0, 0.1) is 13.8 Å². The summed E-state index contributed by atoms with van der Waals surface area (Å²) in [5.41, 5.74) is 0.230. The molecule has 0 aliphatic heterocycles. The topological polar surface area (TPSA) is 110 Å². The molecular weight excluding hydrogens is 376 g/mol. The molecule has 154 valence electrons. The molecule has 9 heteroatoms. The van der Waals surface area contributed by atoms with Gasteiger partial charge in [-0.1, -0.05) is 0 Å². The number of nitrogens with zero attached hydrogens (tertiary/aromatic N) is 2. The van der Waals surface area contributed by atoms with Gasteiger partial charge < -0.3 is 13.9 Å². The van der Waals surface area contributed by atoms with Gasteiger partial charge in [0.2, 0.25) is 11.8 Å². The zero-order valence-corrected chi connectivity index (χ0v) is 16.9. The second kappa shape index (κ2) is 8.78. The number of hydrogen-bond donors (Lipinski definition) is 2. The highest BCUT2D eigenvalue weighted by Gasteiger charge is 2.19. The smallest absolute Gasteiger partial charge is 0.277 e. The number of carbonyl (C=O) groups is 1. The Morgan fingerprint density at radius 1 is 1.21 bits per heavy atom. The first kappa shape index (κ1) is 20.4. The Bertz CT molecular complexity index is 1060. The van der Waals surface area contributed by atoms with E-state index in [-0.39, 0.29) is 18.3 Å². The third kappa shape index (κ3) is 4.75. The third-order valence-electron chi connectivity index (χ3n) is 4.47. The number of aromatic amines is 1. The van der Waals surface area contributed by atoms with Crippen LogP contribution in [0.15, 0.2) is 33.5 Å². The fourth-order valence-corrected chi connectivity index (χ4v) is 3.01. The fraction of sp³-hybridized carbons (Fsp3) is 0.350. The first-order chi connectivity index (χ1) is 13.9. The maximum Gasteiger partial charge on any atom is 0.277 e. The van der Waals surface area contributed by atoms with Gasteiger partial charge in [-0.25, -0.2) is 5.10 Å². The van der Waals surface area contributed by atoms with Gasteiger partial charge in [0.05, 0.1) is 24.7 Å². The van der Waals surface area contributed by atoms with Gasteiger partial charge in [-0.15, -0.1) is 0 Å². The van der Waals surface area contributed by atoms with Crippen molar-refractivity contribution in [1.82, 2.24) is 15.1 Å². The van der Waals surface area contributed by atoms with E-state index >= 15 is 0 Å². The molecule has 0 saturated carbocycles. The molecule has 0 atom stereocenters. The summed E-state index contributed by atoms with van der Waals surface area (Å²) >= 11 is 0. The summed E-state index contributed by atoms with van der Waals surface area (Å²) in [6.07, 6.45) is 0. The summed E-state index contributed by atoms with van der Waals surface area (Å²) in [6, 6.07) is 7.29. The maximum absolute atomic E-state index is 12.4. The zero-order chi connectivity index (χ0) is 21.0. The lowest BCUT2D eigenvalue weighted by Gasteiger charge is -2.16. The molecule has 1 amide bonds. The van der Waals surface area contributed by atoms with Crippen LogP contribution in [-0.4, -0.2) is 54.9 Å². The molecular formula is C20H24N4O5. The number of aryl methyl sites for hydroxylation is 2. The molecule has 2 N–H and O–H groups in total. The van der Waals surface area contributed by atoms with Gasteiger partial charge in [0.15, 0.2) is 0 Å². The van der Waals surface area contributed by atoms with Crippen LogP contribution in [0.5, 0.6) is 11.5 Å². The van der Waals surface area contributed by atoms with Crippen LogP contribution in [0.25, 0.3) is 10.8 Å². The van der Waals surface area contributed by atoms with Crippen LogP contribution >= 0.6 is 0 Å². The first-order valence-corrected chi connectivity index (χ1v) is 9.12. The van der Waals surface area contributed by atoms with Gasteiger partial charge >= 0.3 is 0 Å². The molecule has 0 aliphatic rings. The lowest BCUT2D eigenvalue weighted by molar-refractivity contribution is -0.117. The van der Waals surface area contributed by atoms with E-state index in [2.05, 4.69) is 15.5 Å². The molecule has 0 bridgehead atoms. The minimum absolute atomic E-state index is 0.120. The number of hydrogen-bond acceptors (Lipinski definition) is 7. The number of rotatable bonds is 8. The molecule has 0 aliphatic carbocycles. The van der Waals surface area contributed by atoms with E-state index in [1.54, 1.807) is 21.0 Å². The van der Waals surface area contributed by atoms with E-state index in [0.29, 0.717) is 35.4 Å². The number of methoxy groups -OCH3 is 1. The van der Waals surface area contributed by atoms with Crippen molar-refractivity contribution in [3.8, 4) is 11.5 Å². The molecule has 2 aromatic heterocycles. The van der Waals surface area contributed by atoms with Crippen molar-refractivity contribution in [3.05, 3.63) is 46.1 Å². The Balaban J connectivity index is 1.54. The summed E-state index contributed by atoms with van der Waals surface area (Å²) in [5.74, 6) is 1.87. The number of furan rings is 1. The second-order valence-corrected chi connectivity index (χ2v) is 6.69. The number of benzene rings is 1. The number of aromatic nitrogens is 2. The van der Waals surface area contributed by atoms with Crippen molar-refractivity contribution in [2.75, 3.05) is 39.2 Å². The quantitative estimate of drug-likeness (QED) is 0.596. The largest absolute Gasteiger partial charge is 0.497 e. The van der Waals surface area contributed by atoms with Gasteiger partial charge in [0.1, 0.15) is 29.3 Å². The van der Waals surface area contributed by atoms with Gasteiger partial charge in [-0.05, 0) is 45.2 Å². The number of fused-ring (bicyclic) bond motifs is 1. The van der Waals surface area contributed by atoms with Gasteiger partial charge in [0.25, 0.3) is 5.56 Å². The average Bonchev–Trinajstić information content (AvgIpc) is 3.02. The summed E-state index contributed by atoms with van der Waals surface area (Å²) in [5, 5.41) is 9.94. The summed E-state index contributed by atoms with van der Waals surface area (Å²) < 4.78 is 16.4. The summed E-state index contributed by atoms with van der Waals surface area (Å²) in [4.78, 5) is 26.3. The van der Waals surface area contributed by atoms with Crippen LogP contribution in [0.2, 0.25) is 0 Å². The SMILES string of the molecule is COc1ccc(OCCN(C)CC(=O)Nc2oc(C)c3c(C)n[nH]c(=O)c23)cc1. The van der Waals surface area contributed by atoms with Crippen LogP contribution in [0.4, 0.5) is 5.88 Å². The lowest BCUT2D eigenvalue weighted by Crippen LogP contribution is -2.33. The zero-order valence-electron chi connectivity index (χ0n) is 16.9. The van der Waals surface area contributed by atoms with E-state index in [0.717, 1.165) is 11.5 Å².